The molecule has 0 fully saturated rings. The topological polar surface area (TPSA) is 112 Å². The van der Waals surface area contributed by atoms with Gasteiger partial charge in [0, 0.05) is 6.54 Å². The minimum absolute atomic E-state index is 0.0665. The van der Waals surface area contributed by atoms with Crippen LogP contribution in [0.3, 0.4) is 0 Å². The predicted molar refractivity (Wildman–Crippen MR) is 77.1 cm³/mol. The smallest absolute Gasteiger partial charge is 0.331 e. The number of carbonyl (C=O) groups is 1. The zero-order chi connectivity index (χ0) is 15.0. The molecule has 1 aromatic heterocycles. The number of nitrogens with two attached hydrogens (primary N) is 1. The van der Waals surface area contributed by atoms with Crippen molar-refractivity contribution in [3.05, 3.63) is 52.1 Å². The van der Waals surface area contributed by atoms with E-state index < -0.39 is 17.6 Å². The average molecular weight is 286 g/mol. The molecule has 1 aromatic carbocycles. The Morgan fingerprint density at radius 1 is 1.43 bits per heavy atom. The molecule has 21 heavy (non-hydrogen) atoms. The van der Waals surface area contributed by atoms with Gasteiger partial charge in [-0.3, -0.25) is 4.79 Å². The number of benzene rings is 1. The molecule has 1 aliphatic rings. The van der Waals surface area contributed by atoms with E-state index in [0.717, 1.165) is 5.56 Å². The Kier molecular flexibility index (Phi) is 3.09. The molecule has 0 amide bonds. The van der Waals surface area contributed by atoms with E-state index in [0.29, 0.717) is 18.5 Å². The number of fused-ring (bicyclic) bond motifs is 1. The molecule has 2 heterocycles. The van der Waals surface area contributed by atoms with Crippen molar-refractivity contribution in [3.8, 4) is 0 Å². The second-order valence-electron chi connectivity index (χ2n) is 4.85. The minimum Gasteiger partial charge on any atom is -0.479 e. The van der Waals surface area contributed by atoms with E-state index in [2.05, 4.69) is 9.97 Å². The van der Waals surface area contributed by atoms with Gasteiger partial charge in [0.1, 0.15) is 5.69 Å². The summed E-state index contributed by atoms with van der Waals surface area (Å²) in [5, 5.41) is 9.58. The Hall–Kier alpha value is -2.83. The summed E-state index contributed by atoms with van der Waals surface area (Å²) in [5.74, 6) is -0.788. The summed E-state index contributed by atoms with van der Waals surface area (Å²) < 4.78 is 0. The lowest BCUT2D eigenvalue weighted by molar-refractivity contribution is -0.138. The lowest BCUT2D eigenvalue weighted by Crippen LogP contribution is -2.41. The van der Waals surface area contributed by atoms with Crippen molar-refractivity contribution in [2.24, 2.45) is 0 Å². The molecule has 3 rings (SSSR count). The van der Waals surface area contributed by atoms with Crippen molar-refractivity contribution in [2.75, 3.05) is 17.2 Å². The van der Waals surface area contributed by atoms with Gasteiger partial charge in [-0.25, -0.2) is 9.78 Å². The number of aliphatic carboxylic acids is 1. The number of aromatic nitrogens is 2. The summed E-state index contributed by atoms with van der Waals surface area (Å²) >= 11 is 0. The summed E-state index contributed by atoms with van der Waals surface area (Å²) in [6.07, 6.45) is 1.90. The van der Waals surface area contributed by atoms with Crippen molar-refractivity contribution < 1.29 is 9.90 Å². The van der Waals surface area contributed by atoms with E-state index in [1.54, 1.807) is 17.0 Å². The summed E-state index contributed by atoms with van der Waals surface area (Å²) in [4.78, 5) is 31.3. The fourth-order valence-electron chi connectivity index (χ4n) is 2.69. The van der Waals surface area contributed by atoms with E-state index in [4.69, 9.17) is 5.73 Å². The number of anilines is 2. The van der Waals surface area contributed by atoms with Gasteiger partial charge in [0.2, 0.25) is 0 Å². The molecule has 108 valence electrons. The SMILES string of the molecule is Nc1c(N2CCc3ccccc3C2C(=O)O)nc[nH]c1=O. The molecule has 0 saturated heterocycles. The van der Waals surface area contributed by atoms with Gasteiger partial charge in [0.15, 0.2) is 11.9 Å². The molecule has 1 unspecified atom stereocenters. The van der Waals surface area contributed by atoms with Gasteiger partial charge < -0.3 is 20.7 Å². The summed E-state index contributed by atoms with van der Waals surface area (Å²) in [6.45, 7) is 0.439. The Labute approximate surface area is 120 Å². The largest absolute Gasteiger partial charge is 0.479 e. The predicted octanol–water partition coefficient (Wildman–Crippen LogP) is 0.540. The highest BCUT2D eigenvalue weighted by molar-refractivity contribution is 5.82. The zero-order valence-corrected chi connectivity index (χ0v) is 11.1. The van der Waals surface area contributed by atoms with Crippen LogP contribution >= 0.6 is 0 Å². The van der Waals surface area contributed by atoms with Crippen molar-refractivity contribution in [3.63, 3.8) is 0 Å². The molecule has 1 atom stereocenters. The molecular weight excluding hydrogens is 272 g/mol. The molecule has 2 aromatic rings. The number of H-pyrrole nitrogens is 1. The van der Waals surface area contributed by atoms with Gasteiger partial charge in [-0.2, -0.15) is 0 Å². The van der Waals surface area contributed by atoms with Crippen LogP contribution in [0.5, 0.6) is 0 Å². The Balaban J connectivity index is 2.14. The van der Waals surface area contributed by atoms with E-state index in [1.807, 2.05) is 12.1 Å². The van der Waals surface area contributed by atoms with Crippen molar-refractivity contribution >= 4 is 17.5 Å². The number of carboxylic acids is 1. The van der Waals surface area contributed by atoms with Gasteiger partial charge >= 0.3 is 5.97 Å². The maximum atomic E-state index is 11.7. The maximum absolute atomic E-state index is 11.7. The van der Waals surface area contributed by atoms with Crippen molar-refractivity contribution in [2.45, 2.75) is 12.5 Å². The third-order valence-electron chi connectivity index (χ3n) is 3.66. The molecule has 0 radical (unpaired) electrons. The first kappa shape index (κ1) is 13.2. The molecule has 0 aliphatic carbocycles. The first-order valence-corrected chi connectivity index (χ1v) is 6.50. The fraction of sp³-hybridized carbons (Fsp3) is 0.214. The third kappa shape index (κ3) is 2.12. The van der Waals surface area contributed by atoms with E-state index >= 15 is 0 Å². The van der Waals surface area contributed by atoms with Crippen LogP contribution in [-0.2, 0) is 11.2 Å². The number of carboxylic acid groups (broad SMARTS) is 1. The van der Waals surface area contributed by atoms with Crippen LogP contribution in [-0.4, -0.2) is 27.6 Å². The summed E-state index contributed by atoms with van der Waals surface area (Å²) in [7, 11) is 0. The third-order valence-corrected chi connectivity index (χ3v) is 3.66. The molecule has 7 nitrogen and oxygen atoms in total. The van der Waals surface area contributed by atoms with Crippen LogP contribution in [0.15, 0.2) is 35.4 Å². The Bertz CT molecular complexity index is 756. The molecule has 7 heteroatoms. The summed E-state index contributed by atoms with van der Waals surface area (Å²) in [6, 6.07) is 6.48. The second-order valence-corrected chi connectivity index (χ2v) is 4.85. The molecule has 0 spiro atoms. The average Bonchev–Trinajstić information content (AvgIpc) is 2.48. The Morgan fingerprint density at radius 2 is 2.19 bits per heavy atom. The normalized spacial score (nSPS) is 17.3. The van der Waals surface area contributed by atoms with Crippen molar-refractivity contribution in [1.29, 1.82) is 0 Å². The van der Waals surface area contributed by atoms with Crippen LogP contribution in [0.25, 0.3) is 0 Å². The number of hydrogen-bond donors (Lipinski definition) is 3. The van der Waals surface area contributed by atoms with Crippen LogP contribution < -0.4 is 16.2 Å². The van der Waals surface area contributed by atoms with E-state index in [1.165, 1.54) is 6.33 Å². The molecule has 0 saturated carbocycles. The highest BCUT2D eigenvalue weighted by atomic mass is 16.4. The monoisotopic (exact) mass is 286 g/mol. The zero-order valence-electron chi connectivity index (χ0n) is 11.1. The number of nitrogen functional groups attached to an aromatic ring is 1. The fourth-order valence-corrected chi connectivity index (χ4v) is 2.69. The number of aromatic amines is 1. The lowest BCUT2D eigenvalue weighted by atomic mass is 9.92. The van der Waals surface area contributed by atoms with Gasteiger partial charge in [-0.15, -0.1) is 0 Å². The molecule has 1 aliphatic heterocycles. The number of nitrogens with zero attached hydrogens (tertiary/aromatic N) is 2. The van der Waals surface area contributed by atoms with Crippen molar-refractivity contribution in [1.82, 2.24) is 9.97 Å². The van der Waals surface area contributed by atoms with Gasteiger partial charge in [-0.05, 0) is 17.5 Å². The standard InChI is InChI=1S/C14H14N4O3/c15-10-12(16-7-17-13(10)19)18-6-5-8-3-1-2-4-9(8)11(18)14(20)21/h1-4,7,11H,5-6,15H2,(H,20,21)(H,16,17,19). The highest BCUT2D eigenvalue weighted by Crippen LogP contribution is 2.34. The van der Waals surface area contributed by atoms with E-state index in [-0.39, 0.29) is 11.5 Å². The van der Waals surface area contributed by atoms with Crippen LogP contribution in [0.2, 0.25) is 0 Å². The first-order valence-electron chi connectivity index (χ1n) is 6.50. The number of hydrogen-bond acceptors (Lipinski definition) is 5. The van der Waals surface area contributed by atoms with Crippen LogP contribution in [0, 0.1) is 0 Å². The molecular formula is C14H14N4O3. The Morgan fingerprint density at radius 3 is 2.95 bits per heavy atom. The van der Waals surface area contributed by atoms with Gasteiger partial charge in [-0.1, -0.05) is 24.3 Å². The highest BCUT2D eigenvalue weighted by Gasteiger charge is 2.34. The maximum Gasteiger partial charge on any atom is 0.331 e. The van der Waals surface area contributed by atoms with Crippen LogP contribution in [0.1, 0.15) is 17.2 Å². The van der Waals surface area contributed by atoms with Gasteiger partial charge in [0.25, 0.3) is 5.56 Å². The minimum atomic E-state index is -0.997. The number of nitrogens with one attached hydrogen (secondary N) is 1. The quantitative estimate of drug-likeness (QED) is 0.742. The molecule has 0 bridgehead atoms. The van der Waals surface area contributed by atoms with Crippen LogP contribution in [0.4, 0.5) is 11.5 Å². The van der Waals surface area contributed by atoms with E-state index in [9.17, 15) is 14.7 Å². The van der Waals surface area contributed by atoms with Gasteiger partial charge in [0.05, 0.1) is 6.33 Å². The lowest BCUT2D eigenvalue weighted by Gasteiger charge is -2.35. The first-order chi connectivity index (χ1) is 10.1. The number of rotatable bonds is 2. The summed E-state index contributed by atoms with van der Waals surface area (Å²) in [5.41, 5.74) is 6.92. The molecule has 4 N–H and O–H groups in total. The second kappa shape index (κ2) is 4.93.